The second-order valence-electron chi connectivity index (χ2n) is 4.99. The largest absolute Gasteiger partial charge is 0.496 e. The number of aromatic nitrogens is 1. The molecule has 0 amide bonds. The number of ether oxygens (including phenoxy) is 1. The highest BCUT2D eigenvalue weighted by molar-refractivity contribution is 5.86. The summed E-state index contributed by atoms with van der Waals surface area (Å²) >= 11 is 0. The van der Waals surface area contributed by atoms with Crippen LogP contribution in [0.25, 0.3) is 10.9 Å². The number of hydrogen-bond acceptors (Lipinski definition) is 1. The molecule has 0 unspecified atom stereocenters. The number of methoxy groups -OCH3 is 1. The van der Waals surface area contributed by atoms with Crippen LogP contribution in [0, 0.1) is 0 Å². The summed E-state index contributed by atoms with van der Waals surface area (Å²) in [6.07, 6.45) is 4.41. The maximum absolute atomic E-state index is 5.40. The van der Waals surface area contributed by atoms with Crippen LogP contribution in [0.15, 0.2) is 60.8 Å². The Morgan fingerprint density at radius 2 is 1.80 bits per heavy atom. The van der Waals surface area contributed by atoms with E-state index in [2.05, 4.69) is 59.3 Å². The lowest BCUT2D eigenvalue weighted by Gasteiger charge is -2.07. The summed E-state index contributed by atoms with van der Waals surface area (Å²) in [5.41, 5.74) is 2.65. The highest BCUT2D eigenvalue weighted by Crippen LogP contribution is 2.26. The van der Waals surface area contributed by atoms with Crippen LogP contribution in [-0.4, -0.2) is 11.7 Å². The molecule has 0 saturated carbocycles. The third kappa shape index (κ3) is 2.55. The topological polar surface area (TPSA) is 14.2 Å². The first-order chi connectivity index (χ1) is 9.88. The lowest BCUT2D eigenvalue weighted by Crippen LogP contribution is -1.98. The van der Waals surface area contributed by atoms with Gasteiger partial charge < -0.3 is 9.30 Å². The van der Waals surface area contributed by atoms with E-state index in [4.69, 9.17) is 4.74 Å². The Hall–Kier alpha value is -2.22. The lowest BCUT2D eigenvalue weighted by atomic mass is 10.1. The van der Waals surface area contributed by atoms with Crippen molar-refractivity contribution in [2.24, 2.45) is 0 Å². The molecule has 2 nitrogen and oxygen atoms in total. The van der Waals surface area contributed by atoms with E-state index in [1.807, 2.05) is 6.07 Å². The molecule has 3 aromatic rings. The zero-order valence-electron chi connectivity index (χ0n) is 11.8. The van der Waals surface area contributed by atoms with Crippen LogP contribution >= 0.6 is 0 Å². The molecule has 2 aromatic carbocycles. The molecule has 0 N–H and O–H groups in total. The summed E-state index contributed by atoms with van der Waals surface area (Å²) in [7, 11) is 1.72. The molecular weight excluding hydrogens is 246 g/mol. The molecule has 1 heterocycles. The van der Waals surface area contributed by atoms with Crippen molar-refractivity contribution < 1.29 is 4.74 Å². The van der Waals surface area contributed by atoms with Crippen molar-refractivity contribution in [1.82, 2.24) is 4.57 Å². The number of rotatable bonds is 5. The fourth-order valence-electron chi connectivity index (χ4n) is 2.67. The van der Waals surface area contributed by atoms with Crippen LogP contribution in [0.2, 0.25) is 0 Å². The minimum atomic E-state index is 0.948. The van der Waals surface area contributed by atoms with Gasteiger partial charge in [-0.2, -0.15) is 0 Å². The zero-order valence-corrected chi connectivity index (χ0v) is 11.8. The average molecular weight is 265 g/mol. The van der Waals surface area contributed by atoms with E-state index in [0.29, 0.717) is 0 Å². The second-order valence-corrected chi connectivity index (χ2v) is 4.99. The van der Waals surface area contributed by atoms with Crippen molar-refractivity contribution >= 4 is 10.9 Å². The predicted molar refractivity (Wildman–Crippen MR) is 83.3 cm³/mol. The van der Waals surface area contributed by atoms with Crippen molar-refractivity contribution in [2.75, 3.05) is 7.11 Å². The van der Waals surface area contributed by atoms with E-state index >= 15 is 0 Å². The van der Waals surface area contributed by atoms with Gasteiger partial charge in [0, 0.05) is 18.1 Å². The third-order valence-corrected chi connectivity index (χ3v) is 3.70. The molecule has 0 radical (unpaired) electrons. The molecule has 0 aliphatic rings. The molecule has 0 aliphatic heterocycles. The summed E-state index contributed by atoms with van der Waals surface area (Å²) < 4.78 is 7.71. The third-order valence-electron chi connectivity index (χ3n) is 3.70. The fraction of sp³-hybridized carbons (Fsp3) is 0.222. The standard InChI is InChI=1S/C18H19NO/c1-20-18-11-5-10-17-16(18)12-14-19(17)13-6-9-15-7-3-2-4-8-15/h2-5,7-8,10-12,14H,6,9,13H2,1H3. The lowest BCUT2D eigenvalue weighted by molar-refractivity contribution is 0.420. The van der Waals surface area contributed by atoms with Gasteiger partial charge >= 0.3 is 0 Å². The van der Waals surface area contributed by atoms with Gasteiger partial charge in [-0.1, -0.05) is 36.4 Å². The zero-order chi connectivity index (χ0) is 13.8. The Labute approximate surface area is 119 Å². The van der Waals surface area contributed by atoms with E-state index < -0.39 is 0 Å². The van der Waals surface area contributed by atoms with Crippen LogP contribution in [0.5, 0.6) is 5.75 Å². The first-order valence-corrected chi connectivity index (χ1v) is 7.04. The Balaban J connectivity index is 1.72. The predicted octanol–water partition coefficient (Wildman–Crippen LogP) is 4.28. The number of benzene rings is 2. The summed E-state index contributed by atoms with van der Waals surface area (Å²) in [5, 5.41) is 1.19. The molecule has 1 aromatic heterocycles. The SMILES string of the molecule is COc1cccc2c1ccn2CCCc1ccccc1. The molecule has 0 aliphatic carbocycles. The van der Waals surface area contributed by atoms with Crippen LogP contribution in [0.3, 0.4) is 0 Å². The molecule has 0 fully saturated rings. The Morgan fingerprint density at radius 3 is 2.60 bits per heavy atom. The Morgan fingerprint density at radius 1 is 0.950 bits per heavy atom. The maximum atomic E-state index is 5.40. The molecular formula is C18H19NO. The Bertz CT molecular complexity index is 685. The maximum Gasteiger partial charge on any atom is 0.128 e. The highest BCUT2D eigenvalue weighted by Gasteiger charge is 2.05. The first kappa shape index (κ1) is 12.8. The van der Waals surface area contributed by atoms with E-state index in [-0.39, 0.29) is 0 Å². The van der Waals surface area contributed by atoms with Gasteiger partial charge in [0.25, 0.3) is 0 Å². The van der Waals surface area contributed by atoms with Gasteiger partial charge in [0.1, 0.15) is 5.75 Å². The fourth-order valence-corrected chi connectivity index (χ4v) is 2.67. The summed E-state index contributed by atoms with van der Waals surface area (Å²) in [4.78, 5) is 0. The molecule has 20 heavy (non-hydrogen) atoms. The Kier molecular flexibility index (Phi) is 3.73. The molecule has 0 atom stereocenters. The minimum absolute atomic E-state index is 0.948. The quantitative estimate of drug-likeness (QED) is 0.671. The van der Waals surface area contributed by atoms with Gasteiger partial charge in [-0.3, -0.25) is 0 Å². The van der Waals surface area contributed by atoms with Crippen molar-refractivity contribution in [3.05, 3.63) is 66.4 Å². The van der Waals surface area contributed by atoms with E-state index in [9.17, 15) is 0 Å². The van der Waals surface area contributed by atoms with Gasteiger partial charge in [0.2, 0.25) is 0 Å². The minimum Gasteiger partial charge on any atom is -0.496 e. The number of fused-ring (bicyclic) bond motifs is 1. The van der Waals surface area contributed by atoms with Crippen molar-refractivity contribution in [3.8, 4) is 5.75 Å². The van der Waals surface area contributed by atoms with Crippen molar-refractivity contribution in [2.45, 2.75) is 19.4 Å². The number of nitrogens with zero attached hydrogens (tertiary/aromatic N) is 1. The molecule has 3 rings (SSSR count). The molecule has 0 spiro atoms. The van der Waals surface area contributed by atoms with Gasteiger partial charge in [-0.05, 0) is 36.6 Å². The normalized spacial score (nSPS) is 10.8. The van der Waals surface area contributed by atoms with E-state index in [1.165, 1.54) is 16.5 Å². The van der Waals surface area contributed by atoms with Gasteiger partial charge in [0.05, 0.1) is 12.6 Å². The van der Waals surface area contributed by atoms with Gasteiger partial charge in [-0.15, -0.1) is 0 Å². The van der Waals surface area contributed by atoms with E-state index in [0.717, 1.165) is 25.1 Å². The molecule has 2 heteroatoms. The number of hydrogen-bond donors (Lipinski definition) is 0. The summed E-state index contributed by atoms with van der Waals surface area (Å²) in [6, 6.07) is 19.0. The average Bonchev–Trinajstić information content (AvgIpc) is 2.92. The van der Waals surface area contributed by atoms with Crippen molar-refractivity contribution in [1.29, 1.82) is 0 Å². The second kappa shape index (κ2) is 5.83. The van der Waals surface area contributed by atoms with Crippen LogP contribution in [0.4, 0.5) is 0 Å². The van der Waals surface area contributed by atoms with E-state index in [1.54, 1.807) is 7.11 Å². The van der Waals surface area contributed by atoms with Gasteiger partial charge in [-0.25, -0.2) is 0 Å². The summed E-state index contributed by atoms with van der Waals surface area (Å²) in [5.74, 6) is 0.948. The van der Waals surface area contributed by atoms with Crippen molar-refractivity contribution in [3.63, 3.8) is 0 Å². The highest BCUT2D eigenvalue weighted by atomic mass is 16.5. The van der Waals surface area contributed by atoms with Crippen LogP contribution in [-0.2, 0) is 13.0 Å². The monoisotopic (exact) mass is 265 g/mol. The number of aryl methyl sites for hydroxylation is 2. The van der Waals surface area contributed by atoms with Crippen LogP contribution < -0.4 is 4.74 Å². The van der Waals surface area contributed by atoms with Gasteiger partial charge in [0.15, 0.2) is 0 Å². The van der Waals surface area contributed by atoms with Crippen LogP contribution in [0.1, 0.15) is 12.0 Å². The first-order valence-electron chi connectivity index (χ1n) is 7.04. The smallest absolute Gasteiger partial charge is 0.128 e. The molecule has 0 saturated heterocycles. The molecule has 0 bridgehead atoms. The summed E-state index contributed by atoms with van der Waals surface area (Å²) in [6.45, 7) is 1.03. The molecule has 102 valence electrons.